The minimum Gasteiger partial charge on any atom is -0.484 e. The third-order valence-electron chi connectivity index (χ3n) is 3.32. The van der Waals surface area contributed by atoms with E-state index in [2.05, 4.69) is 24.7 Å². The highest BCUT2D eigenvalue weighted by molar-refractivity contribution is 6.30. The Morgan fingerprint density at radius 3 is 2.46 bits per heavy atom. The SMILES string of the molecule is CC(C)c1cccc(OCC(=O)NNC(=O)c2ccc(Cl)cc2)c1. The van der Waals surface area contributed by atoms with E-state index in [-0.39, 0.29) is 6.61 Å². The molecule has 2 N–H and O–H groups in total. The van der Waals surface area contributed by atoms with Crippen molar-refractivity contribution in [3.63, 3.8) is 0 Å². The Hall–Kier alpha value is -2.53. The van der Waals surface area contributed by atoms with E-state index < -0.39 is 11.8 Å². The van der Waals surface area contributed by atoms with E-state index >= 15 is 0 Å². The van der Waals surface area contributed by atoms with Crippen molar-refractivity contribution < 1.29 is 14.3 Å². The highest BCUT2D eigenvalue weighted by Gasteiger charge is 2.08. The molecule has 0 aromatic heterocycles. The second-order valence-electron chi connectivity index (χ2n) is 5.53. The summed E-state index contributed by atoms with van der Waals surface area (Å²) in [5.41, 5.74) is 6.15. The fraction of sp³-hybridized carbons (Fsp3) is 0.222. The number of benzene rings is 2. The van der Waals surface area contributed by atoms with Gasteiger partial charge in [-0.2, -0.15) is 0 Å². The van der Waals surface area contributed by atoms with Gasteiger partial charge in [-0.25, -0.2) is 0 Å². The molecule has 0 unspecified atom stereocenters. The average molecular weight is 347 g/mol. The second kappa shape index (κ2) is 8.36. The van der Waals surface area contributed by atoms with Crippen molar-refractivity contribution in [3.8, 4) is 5.75 Å². The van der Waals surface area contributed by atoms with Gasteiger partial charge in [-0.1, -0.05) is 37.6 Å². The Labute approximate surface area is 145 Å². The molecule has 0 spiro atoms. The molecule has 0 fully saturated rings. The van der Waals surface area contributed by atoms with Gasteiger partial charge in [-0.05, 0) is 47.9 Å². The molecule has 126 valence electrons. The Morgan fingerprint density at radius 1 is 1.08 bits per heavy atom. The Morgan fingerprint density at radius 2 is 1.79 bits per heavy atom. The molecule has 2 rings (SSSR count). The van der Waals surface area contributed by atoms with E-state index in [0.29, 0.717) is 22.3 Å². The van der Waals surface area contributed by atoms with Crippen LogP contribution in [0.3, 0.4) is 0 Å². The number of carbonyl (C=O) groups excluding carboxylic acids is 2. The monoisotopic (exact) mass is 346 g/mol. The number of hydrazine groups is 1. The van der Waals surface area contributed by atoms with Crippen LogP contribution in [0.1, 0.15) is 35.7 Å². The van der Waals surface area contributed by atoms with Crippen molar-refractivity contribution in [2.24, 2.45) is 0 Å². The number of carbonyl (C=O) groups is 2. The molecule has 2 aromatic carbocycles. The van der Waals surface area contributed by atoms with Gasteiger partial charge < -0.3 is 4.74 Å². The van der Waals surface area contributed by atoms with Crippen molar-refractivity contribution in [2.75, 3.05) is 6.61 Å². The summed E-state index contributed by atoms with van der Waals surface area (Å²) < 4.78 is 5.43. The summed E-state index contributed by atoms with van der Waals surface area (Å²) in [6, 6.07) is 13.9. The van der Waals surface area contributed by atoms with Gasteiger partial charge in [-0.15, -0.1) is 0 Å². The van der Waals surface area contributed by atoms with E-state index in [1.54, 1.807) is 30.3 Å². The molecule has 0 bridgehead atoms. The first kappa shape index (κ1) is 17.8. The fourth-order valence-corrected chi connectivity index (χ4v) is 2.07. The Kier molecular flexibility index (Phi) is 6.21. The minimum atomic E-state index is -0.452. The lowest BCUT2D eigenvalue weighted by atomic mass is 10.0. The molecule has 2 aromatic rings. The smallest absolute Gasteiger partial charge is 0.276 e. The largest absolute Gasteiger partial charge is 0.484 e. The predicted molar refractivity (Wildman–Crippen MR) is 93.1 cm³/mol. The zero-order chi connectivity index (χ0) is 17.5. The maximum absolute atomic E-state index is 11.8. The van der Waals surface area contributed by atoms with Gasteiger partial charge in [0.05, 0.1) is 0 Å². The van der Waals surface area contributed by atoms with Crippen molar-refractivity contribution in [2.45, 2.75) is 19.8 Å². The Bertz CT molecular complexity index is 714. The molecule has 0 saturated carbocycles. The van der Waals surface area contributed by atoms with Crippen LogP contribution < -0.4 is 15.6 Å². The van der Waals surface area contributed by atoms with Gasteiger partial charge in [0.1, 0.15) is 5.75 Å². The van der Waals surface area contributed by atoms with Crippen LogP contribution in [0.25, 0.3) is 0 Å². The highest BCUT2D eigenvalue weighted by atomic mass is 35.5. The third-order valence-corrected chi connectivity index (χ3v) is 3.57. The molecule has 0 heterocycles. The van der Waals surface area contributed by atoms with Gasteiger partial charge in [0, 0.05) is 10.6 Å². The maximum atomic E-state index is 11.8. The molecule has 24 heavy (non-hydrogen) atoms. The number of hydrogen-bond donors (Lipinski definition) is 2. The molecular formula is C18H19ClN2O3. The normalized spacial score (nSPS) is 10.3. The molecule has 5 nitrogen and oxygen atoms in total. The van der Waals surface area contributed by atoms with Crippen LogP contribution in [-0.2, 0) is 4.79 Å². The lowest BCUT2D eigenvalue weighted by Crippen LogP contribution is -2.43. The molecular weight excluding hydrogens is 328 g/mol. The van der Waals surface area contributed by atoms with E-state index in [0.717, 1.165) is 5.56 Å². The summed E-state index contributed by atoms with van der Waals surface area (Å²) in [4.78, 5) is 23.6. The zero-order valence-corrected chi connectivity index (χ0v) is 14.3. The first-order chi connectivity index (χ1) is 11.5. The summed E-state index contributed by atoms with van der Waals surface area (Å²) >= 11 is 5.76. The predicted octanol–water partition coefficient (Wildman–Crippen LogP) is 3.30. The van der Waals surface area contributed by atoms with E-state index in [1.165, 1.54) is 0 Å². The van der Waals surface area contributed by atoms with Crippen LogP contribution in [0.15, 0.2) is 48.5 Å². The number of hydrogen-bond acceptors (Lipinski definition) is 3. The van der Waals surface area contributed by atoms with E-state index in [1.807, 2.05) is 18.2 Å². The molecule has 6 heteroatoms. The van der Waals surface area contributed by atoms with Crippen LogP contribution in [0, 0.1) is 0 Å². The van der Waals surface area contributed by atoms with Crippen molar-refractivity contribution >= 4 is 23.4 Å². The van der Waals surface area contributed by atoms with Crippen LogP contribution >= 0.6 is 11.6 Å². The molecule has 0 atom stereocenters. The third kappa shape index (κ3) is 5.28. The molecule has 0 radical (unpaired) electrons. The number of ether oxygens (including phenoxy) is 1. The van der Waals surface area contributed by atoms with Crippen LogP contribution in [0.5, 0.6) is 5.75 Å². The van der Waals surface area contributed by atoms with Crippen molar-refractivity contribution in [1.82, 2.24) is 10.9 Å². The summed E-state index contributed by atoms with van der Waals surface area (Å²) in [6.45, 7) is 3.97. The van der Waals surface area contributed by atoms with Gasteiger partial charge in [0.25, 0.3) is 11.8 Å². The van der Waals surface area contributed by atoms with Crippen molar-refractivity contribution in [1.29, 1.82) is 0 Å². The van der Waals surface area contributed by atoms with Gasteiger partial charge >= 0.3 is 0 Å². The quantitative estimate of drug-likeness (QED) is 0.816. The molecule has 0 aliphatic heterocycles. The molecule has 0 aliphatic carbocycles. The van der Waals surface area contributed by atoms with Gasteiger partial charge in [0.2, 0.25) is 0 Å². The highest BCUT2D eigenvalue weighted by Crippen LogP contribution is 2.19. The summed E-state index contributed by atoms with van der Waals surface area (Å²) in [5, 5.41) is 0.535. The summed E-state index contributed by atoms with van der Waals surface area (Å²) in [5.74, 6) is 0.107. The second-order valence-corrected chi connectivity index (χ2v) is 5.96. The summed E-state index contributed by atoms with van der Waals surface area (Å²) in [6.07, 6.45) is 0. The van der Waals surface area contributed by atoms with Gasteiger partial charge in [-0.3, -0.25) is 20.4 Å². The summed E-state index contributed by atoms with van der Waals surface area (Å²) in [7, 11) is 0. The lowest BCUT2D eigenvalue weighted by Gasteiger charge is -2.11. The van der Waals surface area contributed by atoms with Crippen LogP contribution in [-0.4, -0.2) is 18.4 Å². The number of amides is 2. The lowest BCUT2D eigenvalue weighted by molar-refractivity contribution is -0.123. The van der Waals surface area contributed by atoms with Crippen molar-refractivity contribution in [3.05, 3.63) is 64.7 Å². The average Bonchev–Trinajstić information content (AvgIpc) is 2.58. The first-order valence-electron chi connectivity index (χ1n) is 7.53. The van der Waals surface area contributed by atoms with E-state index in [4.69, 9.17) is 16.3 Å². The first-order valence-corrected chi connectivity index (χ1v) is 7.91. The van der Waals surface area contributed by atoms with E-state index in [9.17, 15) is 9.59 Å². The standard InChI is InChI=1S/C18H19ClN2O3/c1-12(2)14-4-3-5-16(10-14)24-11-17(22)20-21-18(23)13-6-8-15(19)9-7-13/h3-10,12H,11H2,1-2H3,(H,20,22)(H,21,23). The maximum Gasteiger partial charge on any atom is 0.276 e. The fourth-order valence-electron chi connectivity index (χ4n) is 1.95. The Balaban J connectivity index is 1.80. The van der Waals surface area contributed by atoms with Crippen LogP contribution in [0.4, 0.5) is 0 Å². The number of nitrogens with one attached hydrogen (secondary N) is 2. The molecule has 0 saturated heterocycles. The number of halogens is 1. The van der Waals surface area contributed by atoms with Crippen LogP contribution in [0.2, 0.25) is 5.02 Å². The number of rotatable bonds is 5. The topological polar surface area (TPSA) is 67.4 Å². The zero-order valence-electron chi connectivity index (χ0n) is 13.5. The molecule has 0 aliphatic rings. The van der Waals surface area contributed by atoms with Gasteiger partial charge in [0.15, 0.2) is 6.61 Å². The minimum absolute atomic E-state index is 0.192. The molecule has 2 amide bonds.